The molecule has 0 spiro atoms. The summed E-state index contributed by atoms with van der Waals surface area (Å²) in [5, 5.41) is 11.5. The summed E-state index contributed by atoms with van der Waals surface area (Å²) >= 11 is 0. The third-order valence-electron chi connectivity index (χ3n) is 1.89. The molecule has 0 bridgehead atoms. The fourth-order valence-corrected chi connectivity index (χ4v) is 1.17. The van der Waals surface area contributed by atoms with E-state index in [1.807, 2.05) is 6.07 Å². The van der Waals surface area contributed by atoms with Gasteiger partial charge >= 0.3 is 0 Å². The zero-order chi connectivity index (χ0) is 11.3. The van der Waals surface area contributed by atoms with Gasteiger partial charge in [0.15, 0.2) is 11.6 Å². The normalized spacial score (nSPS) is 11.8. The van der Waals surface area contributed by atoms with Gasteiger partial charge in [0, 0.05) is 12.1 Å². The summed E-state index contributed by atoms with van der Waals surface area (Å²) in [7, 11) is 0. The quantitative estimate of drug-likeness (QED) is 0.770. The van der Waals surface area contributed by atoms with Crippen LogP contribution < -0.4 is 5.32 Å². The van der Waals surface area contributed by atoms with E-state index < -0.39 is 17.7 Å². The van der Waals surface area contributed by atoms with Crippen molar-refractivity contribution in [3.05, 3.63) is 48.1 Å². The average molecular weight is 208 g/mol. The van der Waals surface area contributed by atoms with Gasteiger partial charge in [-0.3, -0.25) is 5.32 Å². The van der Waals surface area contributed by atoms with Crippen LogP contribution in [0.1, 0.15) is 11.6 Å². The molecule has 78 valence electrons. The first-order valence-corrected chi connectivity index (χ1v) is 4.38. The summed E-state index contributed by atoms with van der Waals surface area (Å²) in [4.78, 5) is 0. The Morgan fingerprint density at radius 3 is 2.87 bits per heavy atom. The first kappa shape index (κ1) is 11.3. The molecule has 0 aromatic heterocycles. The Labute approximate surface area is 86.8 Å². The molecule has 0 saturated carbocycles. The Hall–Kier alpha value is -1.73. The Balaban J connectivity index is 2.97. The lowest BCUT2D eigenvalue weighted by atomic mass is 10.1. The molecule has 2 nitrogen and oxygen atoms in total. The second-order valence-corrected chi connectivity index (χ2v) is 2.90. The lowest BCUT2D eigenvalue weighted by Gasteiger charge is -2.11. The monoisotopic (exact) mass is 208 g/mol. The van der Waals surface area contributed by atoms with Crippen molar-refractivity contribution >= 4 is 0 Å². The molecule has 0 amide bonds. The van der Waals surface area contributed by atoms with Crippen molar-refractivity contribution in [3.8, 4) is 6.07 Å². The molecular formula is C11H10F2N2. The molecule has 1 aromatic carbocycles. The highest BCUT2D eigenvalue weighted by Gasteiger charge is 2.16. The molecule has 0 radical (unpaired) electrons. The van der Waals surface area contributed by atoms with Gasteiger partial charge in [0.1, 0.15) is 6.04 Å². The molecule has 1 aromatic rings. The van der Waals surface area contributed by atoms with E-state index in [1.54, 1.807) is 6.08 Å². The van der Waals surface area contributed by atoms with Gasteiger partial charge in [0.05, 0.1) is 6.07 Å². The van der Waals surface area contributed by atoms with Crippen LogP contribution in [0.3, 0.4) is 0 Å². The Bertz CT molecular complexity index is 396. The van der Waals surface area contributed by atoms with Crippen LogP contribution in [0.4, 0.5) is 8.78 Å². The molecule has 0 saturated heterocycles. The largest absolute Gasteiger partial charge is 0.295 e. The van der Waals surface area contributed by atoms with Crippen molar-refractivity contribution in [2.45, 2.75) is 6.04 Å². The van der Waals surface area contributed by atoms with Crippen molar-refractivity contribution in [2.75, 3.05) is 6.54 Å². The maximum atomic E-state index is 13.3. The van der Waals surface area contributed by atoms with E-state index in [-0.39, 0.29) is 5.56 Å². The maximum absolute atomic E-state index is 13.3. The van der Waals surface area contributed by atoms with Crippen molar-refractivity contribution in [3.63, 3.8) is 0 Å². The van der Waals surface area contributed by atoms with Crippen molar-refractivity contribution < 1.29 is 8.78 Å². The number of rotatable bonds is 4. The predicted molar refractivity (Wildman–Crippen MR) is 52.9 cm³/mol. The first-order chi connectivity index (χ1) is 7.20. The van der Waals surface area contributed by atoms with Gasteiger partial charge < -0.3 is 0 Å². The van der Waals surface area contributed by atoms with Gasteiger partial charge in [0.2, 0.25) is 0 Å². The highest BCUT2D eigenvalue weighted by Crippen LogP contribution is 2.18. The summed E-state index contributed by atoms with van der Waals surface area (Å²) in [6.45, 7) is 3.82. The second-order valence-electron chi connectivity index (χ2n) is 2.90. The second kappa shape index (κ2) is 5.23. The van der Waals surface area contributed by atoms with Crippen LogP contribution in [-0.2, 0) is 0 Å². The van der Waals surface area contributed by atoms with E-state index in [4.69, 9.17) is 5.26 Å². The number of benzene rings is 1. The SMILES string of the molecule is C=CCNC(C#N)c1cccc(F)c1F. The van der Waals surface area contributed by atoms with E-state index in [0.717, 1.165) is 6.07 Å². The minimum absolute atomic E-state index is 0.0133. The molecule has 15 heavy (non-hydrogen) atoms. The summed E-state index contributed by atoms with van der Waals surface area (Å²) in [5.41, 5.74) is 0.0133. The van der Waals surface area contributed by atoms with E-state index >= 15 is 0 Å². The molecule has 4 heteroatoms. The van der Waals surface area contributed by atoms with E-state index in [1.165, 1.54) is 12.1 Å². The molecule has 0 aliphatic rings. The van der Waals surface area contributed by atoms with Crippen LogP contribution in [-0.4, -0.2) is 6.54 Å². The molecule has 1 atom stereocenters. The molecule has 0 aliphatic heterocycles. The van der Waals surface area contributed by atoms with Crippen molar-refractivity contribution in [1.82, 2.24) is 5.32 Å². The number of nitriles is 1. The third kappa shape index (κ3) is 2.61. The van der Waals surface area contributed by atoms with Crippen LogP contribution >= 0.6 is 0 Å². The molecule has 1 unspecified atom stereocenters. The Morgan fingerprint density at radius 1 is 1.53 bits per heavy atom. The summed E-state index contributed by atoms with van der Waals surface area (Å²) in [5.74, 6) is -1.94. The third-order valence-corrected chi connectivity index (χ3v) is 1.89. The molecule has 0 fully saturated rings. The molecule has 1 rings (SSSR count). The minimum atomic E-state index is -0.986. The zero-order valence-corrected chi connectivity index (χ0v) is 8.00. The van der Waals surface area contributed by atoms with Gasteiger partial charge in [0.25, 0.3) is 0 Å². The maximum Gasteiger partial charge on any atom is 0.164 e. The average Bonchev–Trinajstić information content (AvgIpc) is 2.25. The van der Waals surface area contributed by atoms with E-state index in [9.17, 15) is 8.78 Å². The molecule has 0 aliphatic carbocycles. The number of hydrogen-bond donors (Lipinski definition) is 1. The number of nitrogens with one attached hydrogen (secondary N) is 1. The topological polar surface area (TPSA) is 35.8 Å². The van der Waals surface area contributed by atoms with Crippen LogP contribution in [0.15, 0.2) is 30.9 Å². The smallest absolute Gasteiger partial charge is 0.164 e. The van der Waals surface area contributed by atoms with Crippen LogP contribution in [0, 0.1) is 23.0 Å². The minimum Gasteiger partial charge on any atom is -0.295 e. The number of hydrogen-bond acceptors (Lipinski definition) is 2. The van der Waals surface area contributed by atoms with Gasteiger partial charge in [-0.05, 0) is 6.07 Å². The molecule has 0 heterocycles. The van der Waals surface area contributed by atoms with E-state index in [0.29, 0.717) is 6.54 Å². The number of halogens is 2. The predicted octanol–water partition coefficient (Wildman–Crippen LogP) is 2.31. The van der Waals surface area contributed by atoms with Gasteiger partial charge in [-0.25, -0.2) is 8.78 Å². The van der Waals surface area contributed by atoms with Crippen LogP contribution in [0.25, 0.3) is 0 Å². The van der Waals surface area contributed by atoms with Crippen LogP contribution in [0.5, 0.6) is 0 Å². The highest BCUT2D eigenvalue weighted by molar-refractivity contribution is 5.26. The van der Waals surface area contributed by atoms with Gasteiger partial charge in [-0.15, -0.1) is 6.58 Å². The fraction of sp³-hybridized carbons (Fsp3) is 0.182. The van der Waals surface area contributed by atoms with Crippen molar-refractivity contribution in [2.24, 2.45) is 0 Å². The summed E-state index contributed by atoms with van der Waals surface area (Å²) in [6.07, 6.45) is 1.54. The lowest BCUT2D eigenvalue weighted by molar-refractivity contribution is 0.488. The Kier molecular flexibility index (Phi) is 3.95. The highest BCUT2D eigenvalue weighted by atomic mass is 19.2. The molecular weight excluding hydrogens is 198 g/mol. The fourth-order valence-electron chi connectivity index (χ4n) is 1.17. The van der Waals surface area contributed by atoms with Crippen LogP contribution in [0.2, 0.25) is 0 Å². The Morgan fingerprint density at radius 2 is 2.27 bits per heavy atom. The van der Waals surface area contributed by atoms with Crippen molar-refractivity contribution in [1.29, 1.82) is 5.26 Å². The van der Waals surface area contributed by atoms with E-state index in [2.05, 4.69) is 11.9 Å². The summed E-state index contributed by atoms with van der Waals surface area (Å²) < 4.78 is 26.1. The van der Waals surface area contributed by atoms with Gasteiger partial charge in [-0.1, -0.05) is 18.2 Å². The molecule has 1 N–H and O–H groups in total. The standard InChI is InChI=1S/C11H10F2N2/c1-2-6-15-10(7-14)8-4-3-5-9(12)11(8)13/h2-5,10,15H,1,6H2. The first-order valence-electron chi connectivity index (χ1n) is 4.38. The summed E-state index contributed by atoms with van der Waals surface area (Å²) in [6, 6.07) is 4.75. The lowest BCUT2D eigenvalue weighted by Crippen LogP contribution is -2.21. The number of nitrogens with zero attached hydrogens (tertiary/aromatic N) is 1. The zero-order valence-electron chi connectivity index (χ0n) is 8.00. The van der Waals surface area contributed by atoms with Gasteiger partial charge in [-0.2, -0.15) is 5.26 Å².